The first-order valence-electron chi connectivity index (χ1n) is 20.9. The minimum atomic E-state index is -0.663. The number of furan rings is 1. The predicted octanol–water partition coefficient (Wildman–Crippen LogP) is 12.6. The minimum absolute atomic E-state index is 0.0216. The zero-order valence-corrected chi connectivity index (χ0v) is 23.6. The molecule has 45 heavy (non-hydrogen) atoms. The van der Waals surface area contributed by atoms with E-state index in [1.165, 1.54) is 0 Å². The second kappa shape index (κ2) is 10.4. The lowest BCUT2D eigenvalue weighted by Gasteiger charge is -2.19. The first-order valence-corrected chi connectivity index (χ1v) is 14.4. The molecule has 1 heteroatoms. The zero-order valence-electron chi connectivity index (χ0n) is 36.6. The van der Waals surface area contributed by atoms with Crippen LogP contribution in [0.1, 0.15) is 17.8 Å². The van der Waals surface area contributed by atoms with Crippen LogP contribution >= 0.6 is 0 Å². The summed E-state index contributed by atoms with van der Waals surface area (Å²) in [6.07, 6.45) is 0. The molecule has 0 N–H and O–H groups in total. The van der Waals surface area contributed by atoms with E-state index in [0.717, 1.165) is 10.8 Å². The monoisotopic (exact) mass is 585 g/mol. The molecular weight excluding hydrogens is 544 g/mol. The number of benzene rings is 8. The number of hydrogen-bond donors (Lipinski definition) is 0. The Morgan fingerprint density at radius 2 is 0.889 bits per heavy atom. The quantitative estimate of drug-likeness (QED) is 0.187. The van der Waals surface area contributed by atoms with Gasteiger partial charge in [-0.25, -0.2) is 0 Å². The predicted molar refractivity (Wildman–Crippen MR) is 190 cm³/mol. The van der Waals surface area contributed by atoms with Crippen molar-refractivity contribution in [2.45, 2.75) is 0 Å². The van der Waals surface area contributed by atoms with E-state index in [2.05, 4.69) is 0 Å². The van der Waals surface area contributed by atoms with Gasteiger partial charge in [-0.05, 0) is 84.3 Å². The van der Waals surface area contributed by atoms with Gasteiger partial charge in [0.05, 0.1) is 17.8 Å². The summed E-state index contributed by atoms with van der Waals surface area (Å²) in [5, 5.41) is 3.32. The maximum absolute atomic E-state index is 9.46. The van der Waals surface area contributed by atoms with Gasteiger partial charge in [0.25, 0.3) is 0 Å². The molecule has 0 aliphatic carbocycles. The molecule has 0 radical (unpaired) electrons. The third kappa shape index (κ3) is 4.17. The van der Waals surface area contributed by atoms with Crippen LogP contribution in [-0.2, 0) is 0 Å². The van der Waals surface area contributed by atoms with Gasteiger partial charge in [-0.2, -0.15) is 0 Å². The van der Waals surface area contributed by atoms with E-state index in [1.54, 1.807) is 66.7 Å². The molecule has 210 valence electrons. The van der Waals surface area contributed by atoms with Crippen LogP contribution in [0.15, 0.2) is 174 Å². The van der Waals surface area contributed by atoms with E-state index in [-0.39, 0.29) is 57.6 Å². The lowest BCUT2D eigenvalue weighted by molar-refractivity contribution is 0.669. The van der Waals surface area contributed by atoms with Gasteiger partial charge in [-0.15, -0.1) is 0 Å². The van der Waals surface area contributed by atoms with E-state index < -0.39 is 54.4 Å². The molecular formula is C44H28O. The summed E-state index contributed by atoms with van der Waals surface area (Å²) in [5.41, 5.74) is 1.78. The fourth-order valence-corrected chi connectivity index (χ4v) is 6.19. The van der Waals surface area contributed by atoms with E-state index in [1.807, 2.05) is 24.3 Å². The van der Waals surface area contributed by atoms with E-state index >= 15 is 0 Å². The van der Waals surface area contributed by atoms with Crippen molar-refractivity contribution in [3.8, 4) is 44.5 Å². The highest BCUT2D eigenvalue weighted by Gasteiger charge is 2.18. The average Bonchev–Trinajstić information content (AvgIpc) is 3.61. The van der Waals surface area contributed by atoms with Gasteiger partial charge in [0.1, 0.15) is 11.2 Å². The molecule has 0 saturated carbocycles. The van der Waals surface area contributed by atoms with Gasteiger partial charge in [0.2, 0.25) is 0 Å². The van der Waals surface area contributed by atoms with E-state index in [4.69, 9.17) is 15.4 Å². The van der Waals surface area contributed by atoms with Crippen molar-refractivity contribution < 1.29 is 22.2 Å². The Hall–Kier alpha value is -5.92. The van der Waals surface area contributed by atoms with Crippen molar-refractivity contribution in [2.24, 2.45) is 0 Å². The number of para-hydroxylation sites is 1. The van der Waals surface area contributed by atoms with Gasteiger partial charge in [0.15, 0.2) is 0 Å². The Morgan fingerprint density at radius 3 is 1.58 bits per heavy atom. The van der Waals surface area contributed by atoms with Gasteiger partial charge in [0, 0.05) is 10.8 Å². The second-order valence-corrected chi connectivity index (χ2v) is 10.7. The maximum Gasteiger partial charge on any atom is 0.135 e. The Labute approximate surface area is 279 Å². The van der Waals surface area contributed by atoms with Crippen molar-refractivity contribution in [1.29, 1.82) is 0 Å². The van der Waals surface area contributed by atoms with Crippen LogP contribution in [0.25, 0.3) is 88.0 Å². The largest absolute Gasteiger partial charge is 0.456 e. The SMILES string of the molecule is [2H]c1c([2H])c([2H])c(-c2c([2H])c([2H])c([2H])c([2H])c2-c2c3ccccc3c(-c3c([2H])c([2H])c(-c4ccc5oc6ccccc6c5c4)c([2H])c3[2H])c3ccccc23)c([2H])c1[2H]. The molecule has 0 unspecified atom stereocenters. The van der Waals surface area contributed by atoms with Crippen LogP contribution in [0.2, 0.25) is 0 Å². The fourth-order valence-electron chi connectivity index (χ4n) is 6.19. The van der Waals surface area contributed by atoms with Crippen molar-refractivity contribution in [2.75, 3.05) is 0 Å². The smallest absolute Gasteiger partial charge is 0.135 e. The number of hydrogen-bond acceptors (Lipinski definition) is 1. The van der Waals surface area contributed by atoms with Crippen LogP contribution in [0, 0.1) is 0 Å². The highest BCUT2D eigenvalue weighted by molar-refractivity contribution is 6.22. The summed E-state index contributed by atoms with van der Waals surface area (Å²) in [6.45, 7) is 0. The van der Waals surface area contributed by atoms with Gasteiger partial charge in [-0.1, -0.05) is 151 Å². The Bertz CT molecular complexity index is 3160. The van der Waals surface area contributed by atoms with Crippen LogP contribution in [-0.4, -0.2) is 0 Å². The molecule has 0 spiro atoms. The molecule has 9 aromatic rings. The summed E-state index contributed by atoms with van der Waals surface area (Å²) in [6, 6.07) is 19.9. The topological polar surface area (TPSA) is 13.1 Å². The summed E-state index contributed by atoms with van der Waals surface area (Å²) >= 11 is 0. The minimum Gasteiger partial charge on any atom is -0.456 e. The van der Waals surface area contributed by atoms with Gasteiger partial charge >= 0.3 is 0 Å². The third-order valence-electron chi connectivity index (χ3n) is 8.16. The molecule has 8 aromatic carbocycles. The lowest BCUT2D eigenvalue weighted by atomic mass is 9.83. The molecule has 0 saturated heterocycles. The molecule has 0 atom stereocenters. The molecule has 0 amide bonds. The first kappa shape index (κ1) is 15.7. The molecule has 1 aromatic heterocycles. The molecule has 1 heterocycles. The second-order valence-electron chi connectivity index (χ2n) is 10.7. The highest BCUT2D eigenvalue weighted by atomic mass is 16.3. The third-order valence-corrected chi connectivity index (χ3v) is 8.16. The summed E-state index contributed by atoms with van der Waals surface area (Å²) in [7, 11) is 0. The van der Waals surface area contributed by atoms with Crippen molar-refractivity contribution in [1.82, 2.24) is 0 Å². The lowest BCUT2D eigenvalue weighted by Crippen LogP contribution is -1.92. The van der Waals surface area contributed by atoms with Crippen LogP contribution in [0.5, 0.6) is 0 Å². The average molecular weight is 586 g/mol. The van der Waals surface area contributed by atoms with Crippen LogP contribution < -0.4 is 0 Å². The number of fused-ring (bicyclic) bond motifs is 5. The van der Waals surface area contributed by atoms with Crippen molar-refractivity contribution in [3.63, 3.8) is 0 Å². The molecule has 0 aliphatic heterocycles. The molecule has 0 fully saturated rings. The summed E-state index contributed by atoms with van der Waals surface area (Å²) in [5.74, 6) is 0. The Kier molecular flexibility index (Phi) is 3.62. The number of rotatable bonds is 4. The molecule has 9 rings (SSSR count). The van der Waals surface area contributed by atoms with E-state index in [9.17, 15) is 6.85 Å². The zero-order chi connectivity index (χ0) is 41.1. The van der Waals surface area contributed by atoms with Crippen LogP contribution in [0.3, 0.4) is 0 Å². The maximum atomic E-state index is 9.46. The normalized spacial score (nSPS) is 15.6. The van der Waals surface area contributed by atoms with Gasteiger partial charge < -0.3 is 4.42 Å². The van der Waals surface area contributed by atoms with Crippen molar-refractivity contribution in [3.05, 3.63) is 170 Å². The molecule has 0 aliphatic rings. The van der Waals surface area contributed by atoms with E-state index in [0.29, 0.717) is 43.8 Å². The molecule has 1 nitrogen and oxygen atoms in total. The summed E-state index contributed by atoms with van der Waals surface area (Å²) in [4.78, 5) is 0. The standard InChI is InChI=1S/C44H28O/c1-2-12-30(13-3-1)33-14-4-5-16-35(33)44-38-19-8-6-17-36(38)43(37-18-7-9-20-39(37)44)31-24-22-29(23-25-31)32-26-27-42-40(28-32)34-15-10-11-21-41(34)45-42/h1-28H/i1D,2D,3D,4D,5D,12D,13D,14D,16D,22D,23D,24D,25D. The Morgan fingerprint density at radius 1 is 0.356 bits per heavy atom. The fraction of sp³-hybridized carbons (Fsp3) is 0. The first-order chi connectivity index (χ1) is 27.7. The highest BCUT2D eigenvalue weighted by Crippen LogP contribution is 2.46. The molecule has 0 bridgehead atoms. The Balaban J connectivity index is 1.38. The summed E-state index contributed by atoms with van der Waals surface area (Å²) < 4.78 is 122. The van der Waals surface area contributed by atoms with Gasteiger partial charge in [-0.3, -0.25) is 0 Å². The van der Waals surface area contributed by atoms with Crippen molar-refractivity contribution >= 4 is 43.5 Å². The van der Waals surface area contributed by atoms with Crippen LogP contribution in [0.4, 0.5) is 0 Å².